The Morgan fingerprint density at radius 2 is 2.13 bits per heavy atom. The number of fused-ring (bicyclic) bond motifs is 3. The molecule has 0 atom stereocenters. The van der Waals surface area contributed by atoms with E-state index in [4.69, 9.17) is 0 Å². The van der Waals surface area contributed by atoms with E-state index in [1.165, 1.54) is 11.6 Å². The number of aromatic nitrogens is 1. The molecule has 3 rings (SSSR count). The number of rotatable bonds is 0. The van der Waals surface area contributed by atoms with Crippen LogP contribution in [0, 0.1) is 5.82 Å². The van der Waals surface area contributed by atoms with Gasteiger partial charge >= 0.3 is 0 Å². The van der Waals surface area contributed by atoms with Crippen molar-refractivity contribution < 1.29 is 4.39 Å². The van der Waals surface area contributed by atoms with E-state index >= 15 is 0 Å². The largest absolute Gasteiger partial charge is 0.355 e. The van der Waals surface area contributed by atoms with Crippen LogP contribution in [0.1, 0.15) is 11.3 Å². The first-order valence-electron chi connectivity index (χ1n) is 4.85. The first-order valence-corrected chi connectivity index (χ1v) is 4.85. The second-order valence-electron chi connectivity index (χ2n) is 3.67. The van der Waals surface area contributed by atoms with E-state index in [0.29, 0.717) is 5.52 Å². The minimum atomic E-state index is -0.156. The Morgan fingerprint density at radius 3 is 3.00 bits per heavy atom. The predicted octanol–water partition coefficient (Wildman–Crippen LogP) is 2.37. The average molecular weight is 227 g/mol. The van der Waals surface area contributed by atoms with E-state index in [1.54, 1.807) is 6.07 Å². The summed E-state index contributed by atoms with van der Waals surface area (Å²) in [5, 5.41) is 4.31. The standard InChI is InChI=1S/C11H11FN2.ClH/c12-9-3-1-2-8-7-4-5-13-6-10(7)14-11(8)9;/h1-3,13-14H,4-6H2;1H. The van der Waals surface area contributed by atoms with Crippen molar-refractivity contribution in [1.29, 1.82) is 0 Å². The van der Waals surface area contributed by atoms with Gasteiger partial charge in [-0.15, -0.1) is 12.4 Å². The molecule has 0 saturated carbocycles. The van der Waals surface area contributed by atoms with Crippen molar-refractivity contribution in [3.63, 3.8) is 0 Å². The minimum Gasteiger partial charge on any atom is -0.355 e. The minimum absolute atomic E-state index is 0. The van der Waals surface area contributed by atoms with Crippen LogP contribution in [0.15, 0.2) is 18.2 Å². The zero-order valence-corrected chi connectivity index (χ0v) is 8.96. The summed E-state index contributed by atoms with van der Waals surface area (Å²) in [4.78, 5) is 3.15. The fourth-order valence-corrected chi connectivity index (χ4v) is 2.15. The van der Waals surface area contributed by atoms with Crippen molar-refractivity contribution in [2.45, 2.75) is 13.0 Å². The van der Waals surface area contributed by atoms with Crippen molar-refractivity contribution in [2.24, 2.45) is 0 Å². The van der Waals surface area contributed by atoms with E-state index in [2.05, 4.69) is 10.3 Å². The third-order valence-corrected chi connectivity index (χ3v) is 2.83. The van der Waals surface area contributed by atoms with Crippen LogP contribution in [0.5, 0.6) is 0 Å². The molecule has 4 heteroatoms. The molecule has 0 amide bonds. The molecule has 80 valence electrons. The molecule has 0 bridgehead atoms. The normalized spacial score (nSPS) is 14.7. The number of benzene rings is 1. The van der Waals surface area contributed by atoms with E-state index < -0.39 is 0 Å². The van der Waals surface area contributed by atoms with Crippen LogP contribution in [0.2, 0.25) is 0 Å². The van der Waals surface area contributed by atoms with Gasteiger partial charge in [0, 0.05) is 17.6 Å². The van der Waals surface area contributed by atoms with Crippen LogP contribution >= 0.6 is 12.4 Å². The fourth-order valence-electron chi connectivity index (χ4n) is 2.15. The molecule has 0 aliphatic carbocycles. The summed E-state index contributed by atoms with van der Waals surface area (Å²) in [6.45, 7) is 1.81. The zero-order valence-electron chi connectivity index (χ0n) is 8.14. The molecule has 0 radical (unpaired) electrons. The highest BCUT2D eigenvalue weighted by atomic mass is 35.5. The highest BCUT2D eigenvalue weighted by Gasteiger charge is 2.15. The summed E-state index contributed by atoms with van der Waals surface area (Å²) >= 11 is 0. The van der Waals surface area contributed by atoms with Gasteiger partial charge in [0.2, 0.25) is 0 Å². The van der Waals surface area contributed by atoms with Crippen LogP contribution in [-0.2, 0) is 13.0 Å². The van der Waals surface area contributed by atoms with Gasteiger partial charge in [0.15, 0.2) is 0 Å². The second-order valence-corrected chi connectivity index (χ2v) is 3.67. The van der Waals surface area contributed by atoms with Crippen molar-refractivity contribution in [2.75, 3.05) is 6.54 Å². The van der Waals surface area contributed by atoms with Crippen molar-refractivity contribution in [3.05, 3.63) is 35.3 Å². The quantitative estimate of drug-likeness (QED) is 0.709. The Bertz CT molecular complexity index is 493. The summed E-state index contributed by atoms with van der Waals surface area (Å²) in [5.74, 6) is -0.156. The molecular weight excluding hydrogens is 215 g/mol. The van der Waals surface area contributed by atoms with Gasteiger partial charge < -0.3 is 10.3 Å². The Labute approximate surface area is 93.3 Å². The summed E-state index contributed by atoms with van der Waals surface area (Å²) in [7, 11) is 0. The maximum atomic E-state index is 13.4. The van der Waals surface area contributed by atoms with Gasteiger partial charge in [-0.3, -0.25) is 0 Å². The van der Waals surface area contributed by atoms with Gasteiger partial charge in [-0.2, -0.15) is 0 Å². The molecule has 15 heavy (non-hydrogen) atoms. The third-order valence-electron chi connectivity index (χ3n) is 2.83. The van der Waals surface area contributed by atoms with Gasteiger partial charge in [-0.05, 0) is 24.6 Å². The van der Waals surface area contributed by atoms with Gasteiger partial charge in [0.25, 0.3) is 0 Å². The molecule has 1 aliphatic rings. The van der Waals surface area contributed by atoms with E-state index in [0.717, 1.165) is 30.6 Å². The number of hydrogen-bond donors (Lipinski definition) is 2. The number of H-pyrrole nitrogens is 1. The molecule has 2 nitrogen and oxygen atoms in total. The first-order chi connectivity index (χ1) is 6.86. The molecule has 0 fully saturated rings. The maximum absolute atomic E-state index is 13.4. The highest BCUT2D eigenvalue weighted by molar-refractivity contribution is 5.85. The molecule has 1 aliphatic heterocycles. The Morgan fingerprint density at radius 1 is 1.27 bits per heavy atom. The molecule has 1 aromatic heterocycles. The Balaban J connectivity index is 0.000000853. The summed E-state index contributed by atoms with van der Waals surface area (Å²) in [6.07, 6.45) is 0.985. The lowest BCUT2D eigenvalue weighted by Crippen LogP contribution is -2.22. The second kappa shape index (κ2) is 3.83. The number of nitrogens with one attached hydrogen (secondary N) is 2. The molecule has 0 saturated heterocycles. The molecule has 0 unspecified atom stereocenters. The zero-order chi connectivity index (χ0) is 9.54. The Kier molecular flexibility index (Phi) is 2.67. The van der Waals surface area contributed by atoms with E-state index in [1.807, 2.05) is 6.07 Å². The average Bonchev–Trinajstić information content (AvgIpc) is 2.59. The number of hydrogen-bond acceptors (Lipinski definition) is 1. The molecule has 2 N–H and O–H groups in total. The first kappa shape index (κ1) is 10.5. The monoisotopic (exact) mass is 226 g/mol. The van der Waals surface area contributed by atoms with Crippen LogP contribution in [-0.4, -0.2) is 11.5 Å². The number of para-hydroxylation sites is 1. The molecule has 2 aromatic rings. The Hall–Kier alpha value is -1.06. The fraction of sp³-hybridized carbons (Fsp3) is 0.273. The highest BCUT2D eigenvalue weighted by Crippen LogP contribution is 2.26. The van der Waals surface area contributed by atoms with Gasteiger partial charge in [-0.1, -0.05) is 12.1 Å². The topological polar surface area (TPSA) is 27.8 Å². The molecular formula is C11H12ClFN2. The summed E-state index contributed by atoms with van der Waals surface area (Å²) in [5.41, 5.74) is 3.07. The van der Waals surface area contributed by atoms with Crippen LogP contribution in [0.4, 0.5) is 4.39 Å². The summed E-state index contributed by atoms with van der Waals surface area (Å²) in [6, 6.07) is 5.25. The van der Waals surface area contributed by atoms with E-state index in [-0.39, 0.29) is 18.2 Å². The van der Waals surface area contributed by atoms with Crippen LogP contribution < -0.4 is 5.32 Å². The number of halogens is 2. The summed E-state index contributed by atoms with van der Waals surface area (Å²) < 4.78 is 13.4. The lowest BCUT2D eigenvalue weighted by atomic mass is 10.0. The van der Waals surface area contributed by atoms with Crippen molar-refractivity contribution in [1.82, 2.24) is 10.3 Å². The molecule has 0 spiro atoms. The van der Waals surface area contributed by atoms with Crippen LogP contribution in [0.3, 0.4) is 0 Å². The van der Waals surface area contributed by atoms with Gasteiger partial charge in [0.1, 0.15) is 5.82 Å². The SMILES string of the molecule is Cl.Fc1cccc2c3c([nH]c12)CNCC3. The van der Waals surface area contributed by atoms with Crippen molar-refractivity contribution in [3.8, 4) is 0 Å². The van der Waals surface area contributed by atoms with Crippen LogP contribution in [0.25, 0.3) is 10.9 Å². The smallest absolute Gasteiger partial charge is 0.147 e. The van der Waals surface area contributed by atoms with E-state index in [9.17, 15) is 4.39 Å². The molecule has 2 heterocycles. The maximum Gasteiger partial charge on any atom is 0.147 e. The molecule has 1 aromatic carbocycles. The third kappa shape index (κ3) is 1.52. The van der Waals surface area contributed by atoms with Gasteiger partial charge in [-0.25, -0.2) is 4.39 Å². The van der Waals surface area contributed by atoms with Gasteiger partial charge in [0.05, 0.1) is 5.52 Å². The lowest BCUT2D eigenvalue weighted by molar-refractivity contribution is 0.630. The number of aromatic amines is 1. The van der Waals surface area contributed by atoms with Crippen molar-refractivity contribution >= 4 is 23.3 Å². The lowest BCUT2D eigenvalue weighted by Gasteiger charge is -2.12. The predicted molar refractivity (Wildman–Crippen MR) is 60.9 cm³/mol.